The van der Waals surface area contributed by atoms with Gasteiger partial charge in [-0.2, -0.15) is 0 Å². The first-order valence-electron chi connectivity index (χ1n) is 4.33. The molecule has 1 N–H and O–H groups in total. The highest BCUT2D eigenvalue weighted by molar-refractivity contribution is 5.86. The van der Waals surface area contributed by atoms with Gasteiger partial charge in [0.05, 0.1) is 0 Å². The topological polar surface area (TPSA) is 29.1 Å². The lowest BCUT2D eigenvalue weighted by Crippen LogP contribution is -2.14. The number of benzene rings is 1. The van der Waals surface area contributed by atoms with E-state index < -0.39 is 0 Å². The van der Waals surface area contributed by atoms with Gasteiger partial charge in [0.2, 0.25) is 0 Å². The van der Waals surface area contributed by atoms with E-state index in [0.717, 1.165) is 30.6 Å². The molecule has 0 bridgehead atoms. The molecule has 2 rings (SSSR count). The minimum absolute atomic E-state index is 0.329. The fourth-order valence-corrected chi connectivity index (χ4v) is 1.68. The van der Waals surface area contributed by atoms with Crippen LogP contribution in [0.25, 0.3) is 0 Å². The normalized spacial score (nSPS) is 14.5. The van der Waals surface area contributed by atoms with Gasteiger partial charge in [0.25, 0.3) is 0 Å². The third-order valence-electron chi connectivity index (χ3n) is 2.27. The second-order valence-electron chi connectivity index (χ2n) is 3.18. The number of nitrogens with one attached hydrogen (secondary N) is 1. The number of hydrogen-bond donors (Lipinski definition) is 1. The first-order valence-corrected chi connectivity index (χ1v) is 4.33. The Morgan fingerprint density at radius 1 is 1.46 bits per heavy atom. The summed E-state index contributed by atoms with van der Waals surface area (Å²) in [4.78, 5) is 10.6. The van der Waals surface area contributed by atoms with Crippen molar-refractivity contribution in [2.75, 3.05) is 11.9 Å². The van der Waals surface area contributed by atoms with Gasteiger partial charge in [-0.15, -0.1) is 0 Å². The van der Waals surface area contributed by atoms with Gasteiger partial charge in [-0.05, 0) is 30.5 Å². The van der Waals surface area contributed by atoms with Crippen LogP contribution in [0.4, 0.5) is 10.1 Å². The fraction of sp³-hybridized carbons (Fsp3) is 0.300. The van der Waals surface area contributed by atoms with Crippen molar-refractivity contribution in [3.05, 3.63) is 29.1 Å². The molecule has 2 nitrogen and oxygen atoms in total. The standard InChI is InChI=1S/C10H10FNO/c11-9-4-7-2-1-3-12-10(7)8(5-9)6-13/h4-6,12H,1-3H2. The summed E-state index contributed by atoms with van der Waals surface area (Å²) in [5.41, 5.74) is 2.14. The number of rotatable bonds is 1. The molecule has 1 aliphatic heterocycles. The number of aryl methyl sites for hydroxylation is 1. The van der Waals surface area contributed by atoms with Crippen LogP contribution in [0, 0.1) is 5.82 Å². The molecule has 13 heavy (non-hydrogen) atoms. The molecule has 0 fully saturated rings. The number of aldehydes is 1. The number of carbonyl (C=O) groups is 1. The van der Waals surface area contributed by atoms with Crippen molar-refractivity contribution in [3.8, 4) is 0 Å². The van der Waals surface area contributed by atoms with E-state index >= 15 is 0 Å². The van der Waals surface area contributed by atoms with E-state index in [4.69, 9.17) is 0 Å². The fourth-order valence-electron chi connectivity index (χ4n) is 1.68. The number of carbonyl (C=O) groups excluding carboxylic acids is 1. The Labute approximate surface area is 75.8 Å². The molecule has 0 unspecified atom stereocenters. The van der Waals surface area contributed by atoms with Crippen molar-refractivity contribution in [3.63, 3.8) is 0 Å². The van der Waals surface area contributed by atoms with Gasteiger partial charge in [-0.1, -0.05) is 0 Å². The molecule has 0 radical (unpaired) electrons. The lowest BCUT2D eigenvalue weighted by atomic mass is 10.00. The van der Waals surface area contributed by atoms with Crippen molar-refractivity contribution in [2.24, 2.45) is 0 Å². The number of fused-ring (bicyclic) bond motifs is 1. The SMILES string of the molecule is O=Cc1cc(F)cc2c1NCCC2. The van der Waals surface area contributed by atoms with Gasteiger partial charge in [0.1, 0.15) is 5.82 Å². The Balaban J connectivity index is 2.56. The molecule has 0 saturated carbocycles. The minimum Gasteiger partial charge on any atom is -0.384 e. The zero-order valence-electron chi connectivity index (χ0n) is 7.14. The molecule has 68 valence electrons. The average Bonchev–Trinajstić information content (AvgIpc) is 2.16. The van der Waals surface area contributed by atoms with Crippen molar-refractivity contribution in [1.82, 2.24) is 0 Å². The second kappa shape index (κ2) is 3.17. The third-order valence-corrected chi connectivity index (χ3v) is 2.27. The van der Waals surface area contributed by atoms with Gasteiger partial charge in [0, 0.05) is 17.8 Å². The van der Waals surface area contributed by atoms with E-state index in [0.29, 0.717) is 11.8 Å². The highest BCUT2D eigenvalue weighted by Crippen LogP contribution is 2.26. The average molecular weight is 179 g/mol. The van der Waals surface area contributed by atoms with Crippen LogP contribution in [0.15, 0.2) is 12.1 Å². The maximum absolute atomic E-state index is 13.0. The summed E-state index contributed by atoms with van der Waals surface area (Å²) in [5, 5.41) is 3.11. The predicted molar refractivity (Wildman–Crippen MR) is 48.6 cm³/mol. The Hall–Kier alpha value is -1.38. The lowest BCUT2D eigenvalue weighted by Gasteiger charge is -2.19. The number of anilines is 1. The summed E-state index contributed by atoms with van der Waals surface area (Å²) in [7, 11) is 0. The number of halogens is 1. The molecule has 1 aromatic carbocycles. The van der Waals surface area contributed by atoms with Crippen molar-refractivity contribution in [2.45, 2.75) is 12.8 Å². The molecule has 0 spiro atoms. The van der Waals surface area contributed by atoms with Crippen LogP contribution in [0.5, 0.6) is 0 Å². The maximum atomic E-state index is 13.0. The van der Waals surface area contributed by atoms with Crippen molar-refractivity contribution in [1.29, 1.82) is 0 Å². The zero-order chi connectivity index (χ0) is 9.26. The summed E-state index contributed by atoms with van der Waals surface area (Å²) >= 11 is 0. The van der Waals surface area contributed by atoms with E-state index in [2.05, 4.69) is 5.32 Å². The summed E-state index contributed by atoms with van der Waals surface area (Å²) in [6, 6.07) is 2.76. The van der Waals surface area contributed by atoms with Gasteiger partial charge < -0.3 is 5.32 Å². The van der Waals surface area contributed by atoms with Gasteiger partial charge in [0.15, 0.2) is 6.29 Å². The Bertz CT molecular complexity index is 349. The van der Waals surface area contributed by atoms with E-state index in [1.165, 1.54) is 12.1 Å². The van der Waals surface area contributed by atoms with Crippen LogP contribution in [-0.4, -0.2) is 12.8 Å². The van der Waals surface area contributed by atoms with Crippen molar-refractivity contribution >= 4 is 12.0 Å². The Kier molecular flexibility index (Phi) is 2.00. The largest absolute Gasteiger partial charge is 0.384 e. The molecule has 1 aromatic rings. The summed E-state index contributed by atoms with van der Waals surface area (Å²) in [6.07, 6.45) is 2.54. The highest BCUT2D eigenvalue weighted by atomic mass is 19.1. The molecule has 3 heteroatoms. The third kappa shape index (κ3) is 1.41. The van der Waals surface area contributed by atoms with Gasteiger partial charge in [-0.3, -0.25) is 4.79 Å². The van der Waals surface area contributed by atoms with E-state index in [1.54, 1.807) is 0 Å². The van der Waals surface area contributed by atoms with Crippen molar-refractivity contribution < 1.29 is 9.18 Å². The quantitative estimate of drug-likeness (QED) is 0.668. The zero-order valence-corrected chi connectivity index (χ0v) is 7.14. The van der Waals surface area contributed by atoms with Gasteiger partial charge in [-0.25, -0.2) is 4.39 Å². The highest BCUT2D eigenvalue weighted by Gasteiger charge is 2.13. The molecule has 0 aliphatic carbocycles. The van der Waals surface area contributed by atoms with Crippen LogP contribution >= 0.6 is 0 Å². The molecule has 0 aromatic heterocycles. The van der Waals surface area contributed by atoms with E-state index in [9.17, 15) is 9.18 Å². The number of hydrogen-bond acceptors (Lipinski definition) is 2. The molecule has 1 aliphatic rings. The Morgan fingerprint density at radius 2 is 2.31 bits per heavy atom. The van der Waals surface area contributed by atoms with Crippen LogP contribution in [0.2, 0.25) is 0 Å². The Morgan fingerprint density at radius 3 is 3.08 bits per heavy atom. The smallest absolute Gasteiger partial charge is 0.152 e. The van der Waals surface area contributed by atoms with Gasteiger partial charge >= 0.3 is 0 Å². The lowest BCUT2D eigenvalue weighted by molar-refractivity contribution is 0.112. The second-order valence-corrected chi connectivity index (χ2v) is 3.18. The minimum atomic E-state index is -0.329. The molecule has 0 atom stereocenters. The van der Waals surface area contributed by atoms with Crippen LogP contribution in [0.1, 0.15) is 22.3 Å². The molecular weight excluding hydrogens is 169 g/mol. The molecule has 1 heterocycles. The van der Waals surface area contributed by atoms with E-state index in [1.807, 2.05) is 0 Å². The summed E-state index contributed by atoms with van der Waals surface area (Å²) < 4.78 is 13.0. The molecule has 0 amide bonds. The summed E-state index contributed by atoms with van der Waals surface area (Å²) in [6.45, 7) is 0.861. The molecule has 0 saturated heterocycles. The summed E-state index contributed by atoms with van der Waals surface area (Å²) in [5.74, 6) is -0.329. The monoisotopic (exact) mass is 179 g/mol. The van der Waals surface area contributed by atoms with Crippen LogP contribution in [-0.2, 0) is 6.42 Å². The maximum Gasteiger partial charge on any atom is 0.152 e. The van der Waals surface area contributed by atoms with Crippen LogP contribution < -0.4 is 5.32 Å². The van der Waals surface area contributed by atoms with Crippen LogP contribution in [0.3, 0.4) is 0 Å². The molecular formula is C10H10FNO. The van der Waals surface area contributed by atoms with E-state index in [-0.39, 0.29) is 5.82 Å². The predicted octanol–water partition coefficient (Wildman–Crippen LogP) is 2.00. The first-order chi connectivity index (χ1) is 6.31. The first kappa shape index (κ1) is 8.23.